The zero-order valence-electron chi connectivity index (χ0n) is 12.1. The molecule has 1 aromatic rings. The first-order valence-corrected chi connectivity index (χ1v) is 6.66. The van der Waals surface area contributed by atoms with Gasteiger partial charge in [-0.15, -0.1) is 0 Å². The van der Waals surface area contributed by atoms with Crippen molar-refractivity contribution in [1.29, 1.82) is 0 Å². The lowest BCUT2D eigenvalue weighted by Gasteiger charge is -2.29. The van der Waals surface area contributed by atoms with Crippen LogP contribution in [-0.2, 0) is 4.74 Å². The summed E-state index contributed by atoms with van der Waals surface area (Å²) < 4.78 is 5.03. The average Bonchev–Trinajstić information content (AvgIpc) is 2.41. The van der Waals surface area contributed by atoms with E-state index in [0.717, 1.165) is 12.8 Å². The maximum absolute atomic E-state index is 11.9. The molecule has 3 N–H and O–H groups in total. The van der Waals surface area contributed by atoms with Gasteiger partial charge >= 0.3 is 5.97 Å². The van der Waals surface area contributed by atoms with Gasteiger partial charge in [-0.2, -0.15) is 0 Å². The minimum absolute atomic E-state index is 0.107. The molecule has 0 saturated carbocycles. The molecule has 0 bridgehead atoms. The zero-order valence-corrected chi connectivity index (χ0v) is 12.1. The molecular formula is C14H23N3O2. The number of carbonyl (C=O) groups excluding carboxylic acids is 1. The van der Waals surface area contributed by atoms with Crippen molar-refractivity contribution in [3.63, 3.8) is 0 Å². The van der Waals surface area contributed by atoms with Gasteiger partial charge in [0.05, 0.1) is 18.5 Å². The molecule has 0 amide bonds. The number of nitrogen functional groups attached to an aromatic ring is 1. The SMILES string of the molecule is CCOC(=O)c1cc(N)cnc1NC(C)(CC)CC. The molecule has 0 unspecified atom stereocenters. The number of nitrogens with zero attached hydrogens (tertiary/aromatic N) is 1. The zero-order chi connectivity index (χ0) is 14.5. The molecule has 5 heteroatoms. The molecule has 0 spiro atoms. The summed E-state index contributed by atoms with van der Waals surface area (Å²) in [4.78, 5) is 16.1. The largest absolute Gasteiger partial charge is 0.462 e. The first kappa shape index (κ1) is 15.3. The number of rotatable bonds is 6. The topological polar surface area (TPSA) is 77.2 Å². The van der Waals surface area contributed by atoms with Crippen molar-refractivity contribution in [3.05, 3.63) is 17.8 Å². The maximum Gasteiger partial charge on any atom is 0.341 e. The highest BCUT2D eigenvalue weighted by Gasteiger charge is 2.23. The highest BCUT2D eigenvalue weighted by Crippen LogP contribution is 2.24. The van der Waals surface area contributed by atoms with Gasteiger partial charge in [0, 0.05) is 5.54 Å². The number of ether oxygens (including phenoxy) is 1. The quantitative estimate of drug-likeness (QED) is 0.773. The number of nitrogens with one attached hydrogen (secondary N) is 1. The van der Waals surface area contributed by atoms with E-state index in [1.165, 1.54) is 6.20 Å². The molecule has 106 valence electrons. The normalized spacial score (nSPS) is 11.2. The second-order valence-corrected chi connectivity index (χ2v) is 4.78. The van der Waals surface area contributed by atoms with Gasteiger partial charge in [-0.3, -0.25) is 0 Å². The Morgan fingerprint density at radius 2 is 2.05 bits per heavy atom. The predicted molar refractivity (Wildman–Crippen MR) is 77.2 cm³/mol. The minimum Gasteiger partial charge on any atom is -0.462 e. The molecule has 1 rings (SSSR count). The van der Waals surface area contributed by atoms with Gasteiger partial charge < -0.3 is 15.8 Å². The number of esters is 1. The fourth-order valence-electron chi connectivity index (χ4n) is 1.66. The first-order chi connectivity index (χ1) is 8.95. The van der Waals surface area contributed by atoms with E-state index in [1.807, 2.05) is 0 Å². The maximum atomic E-state index is 11.9. The summed E-state index contributed by atoms with van der Waals surface area (Å²) in [7, 11) is 0. The van der Waals surface area contributed by atoms with Gasteiger partial charge in [-0.1, -0.05) is 13.8 Å². The minimum atomic E-state index is -0.403. The van der Waals surface area contributed by atoms with Gasteiger partial charge in [0.15, 0.2) is 0 Å². The summed E-state index contributed by atoms with van der Waals surface area (Å²) in [5.41, 5.74) is 6.42. The van der Waals surface area contributed by atoms with Gasteiger partial charge in [0.25, 0.3) is 0 Å². The van der Waals surface area contributed by atoms with E-state index >= 15 is 0 Å². The van der Waals surface area contributed by atoms with Crippen LogP contribution in [0.4, 0.5) is 11.5 Å². The van der Waals surface area contributed by atoms with Crippen LogP contribution in [0.3, 0.4) is 0 Å². The molecule has 1 heterocycles. The number of hydrogen-bond acceptors (Lipinski definition) is 5. The Labute approximate surface area is 114 Å². The third kappa shape index (κ3) is 3.84. The smallest absolute Gasteiger partial charge is 0.341 e. The summed E-state index contributed by atoms with van der Waals surface area (Å²) >= 11 is 0. The van der Waals surface area contributed by atoms with Crippen molar-refractivity contribution in [3.8, 4) is 0 Å². The van der Waals surface area contributed by atoms with Gasteiger partial charge in [0.1, 0.15) is 11.4 Å². The van der Waals surface area contributed by atoms with E-state index in [9.17, 15) is 4.79 Å². The Kier molecular flexibility index (Phi) is 5.15. The molecule has 0 aromatic carbocycles. The van der Waals surface area contributed by atoms with Crippen LogP contribution in [0.5, 0.6) is 0 Å². The van der Waals surface area contributed by atoms with Crippen LogP contribution in [0.25, 0.3) is 0 Å². The Balaban J connectivity index is 3.09. The molecule has 0 radical (unpaired) electrons. The lowest BCUT2D eigenvalue weighted by Crippen LogP contribution is -2.34. The van der Waals surface area contributed by atoms with Gasteiger partial charge in [0.2, 0.25) is 0 Å². The van der Waals surface area contributed by atoms with E-state index in [2.05, 4.69) is 31.1 Å². The number of carbonyl (C=O) groups is 1. The number of pyridine rings is 1. The Morgan fingerprint density at radius 3 is 2.58 bits per heavy atom. The summed E-state index contributed by atoms with van der Waals surface area (Å²) in [6.45, 7) is 8.38. The number of aromatic nitrogens is 1. The van der Waals surface area contributed by atoms with E-state index in [0.29, 0.717) is 23.7 Å². The monoisotopic (exact) mass is 265 g/mol. The van der Waals surface area contributed by atoms with Crippen molar-refractivity contribution in [1.82, 2.24) is 4.98 Å². The molecule has 0 aliphatic heterocycles. The predicted octanol–water partition coefficient (Wildman–Crippen LogP) is 2.83. The molecular weight excluding hydrogens is 242 g/mol. The van der Waals surface area contributed by atoms with Crippen LogP contribution >= 0.6 is 0 Å². The Bertz CT molecular complexity index is 442. The van der Waals surface area contributed by atoms with E-state index in [1.54, 1.807) is 13.0 Å². The third-order valence-electron chi connectivity index (χ3n) is 3.39. The second kappa shape index (κ2) is 6.41. The Hall–Kier alpha value is -1.78. The fourth-order valence-corrected chi connectivity index (χ4v) is 1.66. The van der Waals surface area contributed by atoms with Crippen molar-refractivity contribution in [2.24, 2.45) is 0 Å². The van der Waals surface area contributed by atoms with Crippen LogP contribution in [0, 0.1) is 0 Å². The van der Waals surface area contributed by atoms with Gasteiger partial charge in [-0.05, 0) is 32.8 Å². The molecule has 0 aliphatic rings. The lowest BCUT2D eigenvalue weighted by molar-refractivity contribution is 0.0527. The second-order valence-electron chi connectivity index (χ2n) is 4.78. The van der Waals surface area contributed by atoms with E-state index in [4.69, 9.17) is 10.5 Å². The molecule has 0 fully saturated rings. The van der Waals surface area contributed by atoms with Crippen LogP contribution < -0.4 is 11.1 Å². The van der Waals surface area contributed by atoms with Crippen LogP contribution in [0.1, 0.15) is 50.9 Å². The molecule has 1 aromatic heterocycles. The average molecular weight is 265 g/mol. The molecule has 0 aliphatic carbocycles. The Morgan fingerprint density at radius 1 is 1.42 bits per heavy atom. The summed E-state index contributed by atoms with van der Waals surface area (Å²) in [5.74, 6) is 0.123. The fraction of sp³-hybridized carbons (Fsp3) is 0.571. The highest BCUT2D eigenvalue weighted by molar-refractivity contribution is 5.95. The summed E-state index contributed by atoms with van der Waals surface area (Å²) in [5, 5.41) is 3.32. The molecule has 5 nitrogen and oxygen atoms in total. The number of nitrogens with two attached hydrogens (primary N) is 1. The standard InChI is InChI=1S/C14H23N3O2/c1-5-14(4,6-2)17-12-11(13(18)19-7-3)8-10(15)9-16-12/h8-9H,5-7,15H2,1-4H3,(H,16,17). The summed E-state index contributed by atoms with van der Waals surface area (Å²) in [6.07, 6.45) is 3.40. The highest BCUT2D eigenvalue weighted by atomic mass is 16.5. The van der Waals surface area contributed by atoms with Crippen molar-refractivity contribution in [2.75, 3.05) is 17.7 Å². The first-order valence-electron chi connectivity index (χ1n) is 6.66. The number of anilines is 2. The van der Waals surface area contributed by atoms with E-state index < -0.39 is 5.97 Å². The summed E-state index contributed by atoms with van der Waals surface area (Å²) in [6, 6.07) is 1.60. The van der Waals surface area contributed by atoms with Crippen molar-refractivity contribution in [2.45, 2.75) is 46.1 Å². The lowest BCUT2D eigenvalue weighted by atomic mass is 9.95. The van der Waals surface area contributed by atoms with Crippen LogP contribution in [0.15, 0.2) is 12.3 Å². The molecule has 19 heavy (non-hydrogen) atoms. The third-order valence-corrected chi connectivity index (χ3v) is 3.39. The van der Waals surface area contributed by atoms with E-state index in [-0.39, 0.29) is 5.54 Å². The van der Waals surface area contributed by atoms with Crippen molar-refractivity contribution < 1.29 is 9.53 Å². The number of hydrogen-bond donors (Lipinski definition) is 2. The van der Waals surface area contributed by atoms with Gasteiger partial charge in [-0.25, -0.2) is 9.78 Å². The van der Waals surface area contributed by atoms with Crippen LogP contribution in [0.2, 0.25) is 0 Å². The van der Waals surface area contributed by atoms with Crippen LogP contribution in [-0.4, -0.2) is 23.1 Å². The molecule has 0 atom stereocenters. The van der Waals surface area contributed by atoms with Crippen molar-refractivity contribution >= 4 is 17.5 Å². The molecule has 0 saturated heterocycles.